The summed E-state index contributed by atoms with van der Waals surface area (Å²) in [6.45, 7) is 2.60. The number of nitrogens with one attached hydrogen (secondary N) is 1. The molecule has 3 aromatic heterocycles. The van der Waals surface area contributed by atoms with E-state index in [1.807, 2.05) is 28.8 Å². The maximum atomic E-state index is 13.3. The first-order valence-corrected chi connectivity index (χ1v) is 12.2. The Morgan fingerprint density at radius 1 is 1.00 bits per heavy atom. The summed E-state index contributed by atoms with van der Waals surface area (Å²) in [6.07, 6.45) is 4.31. The summed E-state index contributed by atoms with van der Waals surface area (Å²) in [6, 6.07) is 21.4. The van der Waals surface area contributed by atoms with Crippen molar-refractivity contribution in [2.45, 2.75) is 32.7 Å². The highest BCUT2D eigenvalue weighted by atomic mass is 35.5. The van der Waals surface area contributed by atoms with Crippen LogP contribution in [0.3, 0.4) is 0 Å². The number of aromatic amines is 1. The van der Waals surface area contributed by atoms with Gasteiger partial charge in [-0.2, -0.15) is 5.21 Å². The molecule has 0 radical (unpaired) electrons. The molecule has 0 spiro atoms. The predicted molar refractivity (Wildman–Crippen MR) is 138 cm³/mol. The highest BCUT2D eigenvalue weighted by Crippen LogP contribution is 2.30. The van der Waals surface area contributed by atoms with Gasteiger partial charge >= 0.3 is 0 Å². The minimum atomic E-state index is -0.235. The van der Waals surface area contributed by atoms with Crippen molar-refractivity contribution in [3.8, 4) is 22.5 Å². The Balaban J connectivity index is 1.48. The van der Waals surface area contributed by atoms with Crippen molar-refractivity contribution in [2.24, 2.45) is 0 Å². The lowest BCUT2D eigenvalue weighted by molar-refractivity contribution is 0.102. The summed E-state index contributed by atoms with van der Waals surface area (Å²) in [5.74, 6) is 1.11. The zero-order chi connectivity index (χ0) is 24.9. The van der Waals surface area contributed by atoms with Crippen molar-refractivity contribution in [3.63, 3.8) is 0 Å². The van der Waals surface area contributed by atoms with E-state index in [2.05, 4.69) is 61.8 Å². The minimum absolute atomic E-state index is 0.211. The fourth-order valence-electron chi connectivity index (χ4n) is 4.18. The normalized spacial score (nSPS) is 11.1. The Labute approximate surface area is 213 Å². The SMILES string of the molecule is CCCCc1nc(Cl)c(C(=O)c2ccccn2)n1Cc1ccc(-c2ccccc2-c2nn[nH]n2)cc1. The van der Waals surface area contributed by atoms with Gasteiger partial charge in [-0.1, -0.05) is 79.5 Å². The number of aryl methyl sites for hydroxylation is 1. The van der Waals surface area contributed by atoms with E-state index in [0.717, 1.165) is 47.3 Å². The highest BCUT2D eigenvalue weighted by molar-refractivity contribution is 6.33. The van der Waals surface area contributed by atoms with Crippen LogP contribution in [0.4, 0.5) is 0 Å². The number of unbranched alkanes of at least 4 members (excludes halogenated alkanes) is 1. The first-order valence-electron chi connectivity index (χ1n) is 11.8. The number of carbonyl (C=O) groups is 1. The van der Waals surface area contributed by atoms with Crippen molar-refractivity contribution in [1.82, 2.24) is 35.2 Å². The van der Waals surface area contributed by atoms with Gasteiger partial charge in [-0.05, 0) is 40.5 Å². The molecular weight excluding hydrogens is 474 g/mol. The Bertz CT molecular complexity index is 1460. The first-order chi connectivity index (χ1) is 17.7. The fourth-order valence-corrected chi connectivity index (χ4v) is 4.46. The fraction of sp³-hybridized carbons (Fsp3) is 0.185. The molecule has 8 nitrogen and oxygen atoms in total. The number of rotatable bonds is 9. The van der Waals surface area contributed by atoms with Crippen molar-refractivity contribution < 1.29 is 4.79 Å². The monoisotopic (exact) mass is 497 g/mol. The second kappa shape index (κ2) is 10.6. The highest BCUT2D eigenvalue weighted by Gasteiger charge is 2.24. The number of carbonyl (C=O) groups excluding carboxylic acids is 1. The van der Waals surface area contributed by atoms with Crippen LogP contribution in [0.5, 0.6) is 0 Å². The number of benzene rings is 2. The Hall–Kier alpha value is -4.17. The van der Waals surface area contributed by atoms with Crippen LogP contribution >= 0.6 is 11.6 Å². The maximum Gasteiger partial charge on any atom is 0.230 e. The second-order valence-electron chi connectivity index (χ2n) is 8.38. The van der Waals surface area contributed by atoms with Crippen molar-refractivity contribution >= 4 is 17.4 Å². The van der Waals surface area contributed by atoms with Gasteiger partial charge in [-0.25, -0.2) is 4.98 Å². The molecular formula is C27H24ClN7O. The number of pyridine rings is 1. The molecule has 0 unspecified atom stereocenters. The molecule has 0 fully saturated rings. The molecule has 0 aliphatic rings. The third kappa shape index (κ3) is 4.81. The van der Waals surface area contributed by atoms with Gasteiger partial charge in [0.15, 0.2) is 5.15 Å². The van der Waals surface area contributed by atoms with Crippen molar-refractivity contribution in [3.05, 3.63) is 101 Å². The summed E-state index contributed by atoms with van der Waals surface area (Å²) in [7, 11) is 0. The third-order valence-corrected chi connectivity index (χ3v) is 6.25. The molecule has 0 amide bonds. The van der Waals surface area contributed by atoms with E-state index < -0.39 is 0 Å². The largest absolute Gasteiger partial charge is 0.319 e. The molecule has 0 atom stereocenters. The van der Waals surface area contributed by atoms with E-state index >= 15 is 0 Å². The van der Waals surface area contributed by atoms with Crippen LogP contribution in [0.25, 0.3) is 22.5 Å². The van der Waals surface area contributed by atoms with Crippen molar-refractivity contribution in [1.29, 1.82) is 0 Å². The topological polar surface area (TPSA) is 102 Å². The second-order valence-corrected chi connectivity index (χ2v) is 8.74. The minimum Gasteiger partial charge on any atom is -0.319 e. The molecule has 0 aliphatic carbocycles. The molecule has 36 heavy (non-hydrogen) atoms. The van der Waals surface area contributed by atoms with Gasteiger partial charge in [0.05, 0.1) is 0 Å². The van der Waals surface area contributed by atoms with Crippen LogP contribution in [0.2, 0.25) is 5.15 Å². The maximum absolute atomic E-state index is 13.3. The lowest BCUT2D eigenvalue weighted by Crippen LogP contribution is -2.15. The first kappa shape index (κ1) is 23.6. The van der Waals surface area contributed by atoms with Gasteiger partial charge in [0, 0.05) is 24.7 Å². The van der Waals surface area contributed by atoms with Crippen LogP contribution in [0.15, 0.2) is 72.9 Å². The number of aromatic nitrogens is 7. The van der Waals surface area contributed by atoms with Crippen LogP contribution in [0, 0.1) is 0 Å². The number of hydrogen-bond acceptors (Lipinski definition) is 6. The molecule has 5 rings (SSSR count). The lowest BCUT2D eigenvalue weighted by atomic mass is 9.98. The van der Waals surface area contributed by atoms with Gasteiger partial charge in [-0.15, -0.1) is 10.2 Å². The standard InChI is InChI=1S/C27H24ClN7O/c1-2-3-11-23-30-26(28)24(25(36)22-10-6-7-16-29-22)35(23)17-18-12-14-19(15-13-18)20-8-4-5-9-21(20)27-31-33-34-32-27/h4-10,12-16H,2-3,11,17H2,1H3,(H,31,32,33,34). The smallest absolute Gasteiger partial charge is 0.230 e. The zero-order valence-corrected chi connectivity index (χ0v) is 20.5. The molecule has 5 aromatic rings. The number of ketones is 1. The average molecular weight is 498 g/mol. The van der Waals surface area contributed by atoms with E-state index in [9.17, 15) is 4.79 Å². The predicted octanol–water partition coefficient (Wildman–Crippen LogP) is 5.40. The van der Waals surface area contributed by atoms with Crippen LogP contribution < -0.4 is 0 Å². The number of halogens is 1. The number of tetrazole rings is 1. The van der Waals surface area contributed by atoms with E-state index in [4.69, 9.17) is 11.6 Å². The molecule has 0 saturated heterocycles. The number of H-pyrrole nitrogens is 1. The van der Waals surface area contributed by atoms with Crippen LogP contribution in [-0.2, 0) is 13.0 Å². The lowest BCUT2D eigenvalue weighted by Gasteiger charge is -2.13. The van der Waals surface area contributed by atoms with E-state index in [-0.39, 0.29) is 10.9 Å². The van der Waals surface area contributed by atoms with Gasteiger partial charge in [0.2, 0.25) is 11.6 Å². The summed E-state index contributed by atoms with van der Waals surface area (Å²) in [4.78, 5) is 22.1. The Morgan fingerprint density at radius 2 is 1.78 bits per heavy atom. The molecule has 9 heteroatoms. The molecule has 0 aliphatic heterocycles. The summed E-state index contributed by atoms with van der Waals surface area (Å²) in [5.41, 5.74) is 4.66. The summed E-state index contributed by atoms with van der Waals surface area (Å²) in [5, 5.41) is 14.7. The summed E-state index contributed by atoms with van der Waals surface area (Å²) >= 11 is 6.51. The third-order valence-electron chi connectivity index (χ3n) is 5.99. The quantitative estimate of drug-likeness (QED) is 0.273. The molecule has 0 bridgehead atoms. The zero-order valence-electron chi connectivity index (χ0n) is 19.7. The molecule has 3 heterocycles. The number of nitrogens with zero attached hydrogens (tertiary/aromatic N) is 6. The van der Waals surface area contributed by atoms with Gasteiger partial charge in [-0.3, -0.25) is 9.78 Å². The van der Waals surface area contributed by atoms with E-state index in [0.29, 0.717) is 23.8 Å². The van der Waals surface area contributed by atoms with Gasteiger partial charge in [0.25, 0.3) is 0 Å². The van der Waals surface area contributed by atoms with Gasteiger partial charge < -0.3 is 4.57 Å². The van der Waals surface area contributed by atoms with Gasteiger partial charge in [0.1, 0.15) is 17.2 Å². The molecule has 0 saturated carbocycles. The van der Waals surface area contributed by atoms with Crippen molar-refractivity contribution in [2.75, 3.05) is 0 Å². The average Bonchev–Trinajstić information content (AvgIpc) is 3.56. The van der Waals surface area contributed by atoms with E-state index in [1.54, 1.807) is 24.4 Å². The molecule has 180 valence electrons. The molecule has 1 N–H and O–H groups in total. The van der Waals surface area contributed by atoms with Crippen LogP contribution in [0.1, 0.15) is 47.3 Å². The number of hydrogen-bond donors (Lipinski definition) is 1. The number of imidazole rings is 1. The van der Waals surface area contributed by atoms with Crippen LogP contribution in [-0.4, -0.2) is 40.9 Å². The van der Waals surface area contributed by atoms with E-state index in [1.165, 1.54) is 0 Å². The Morgan fingerprint density at radius 3 is 2.47 bits per heavy atom. The Kier molecular flexibility index (Phi) is 6.95. The molecule has 2 aromatic carbocycles. The summed E-state index contributed by atoms with van der Waals surface area (Å²) < 4.78 is 1.93.